The number of aromatic nitrogens is 2. The molecule has 6 heteroatoms. The van der Waals surface area contributed by atoms with Crippen molar-refractivity contribution in [1.82, 2.24) is 9.97 Å². The second-order valence-corrected chi connectivity index (χ2v) is 7.07. The molecule has 112 valence electrons. The molecular weight excluding hydrogens is 316 g/mol. The first-order valence-electron chi connectivity index (χ1n) is 6.96. The summed E-state index contributed by atoms with van der Waals surface area (Å²) in [5, 5.41) is 0. The third-order valence-electron chi connectivity index (χ3n) is 3.31. The molecule has 4 nitrogen and oxygen atoms in total. The molecule has 1 aliphatic heterocycles. The maximum absolute atomic E-state index is 12.3. The van der Waals surface area contributed by atoms with Gasteiger partial charge in [0, 0.05) is 45.9 Å². The molecule has 0 saturated heterocycles. The average molecular weight is 330 g/mol. The van der Waals surface area contributed by atoms with E-state index >= 15 is 0 Å². The molecule has 0 unspecified atom stereocenters. The molecule has 22 heavy (non-hydrogen) atoms. The van der Waals surface area contributed by atoms with Crippen LogP contribution in [0.2, 0.25) is 0 Å². The number of rotatable bonds is 5. The number of hydrogen-bond donors (Lipinski definition) is 0. The summed E-state index contributed by atoms with van der Waals surface area (Å²) in [6.45, 7) is 0. The lowest BCUT2D eigenvalue weighted by molar-refractivity contribution is 0.0914. The van der Waals surface area contributed by atoms with Gasteiger partial charge >= 0.3 is 0 Å². The highest BCUT2D eigenvalue weighted by atomic mass is 32.2. The van der Waals surface area contributed by atoms with Crippen LogP contribution in [0.1, 0.15) is 33.7 Å². The predicted molar refractivity (Wildman–Crippen MR) is 87.8 cm³/mol. The van der Waals surface area contributed by atoms with Gasteiger partial charge in [0.25, 0.3) is 0 Å². The first-order valence-corrected chi connectivity index (χ1v) is 8.93. The summed E-state index contributed by atoms with van der Waals surface area (Å²) in [4.78, 5) is 34.3. The molecule has 0 amide bonds. The molecule has 0 saturated carbocycles. The van der Waals surface area contributed by atoms with Gasteiger partial charge in [-0.25, -0.2) is 9.97 Å². The number of fused-ring (bicyclic) bond motifs is 1. The van der Waals surface area contributed by atoms with Crippen molar-refractivity contribution in [3.05, 3.63) is 48.0 Å². The van der Waals surface area contributed by atoms with Gasteiger partial charge in [-0.2, -0.15) is 0 Å². The van der Waals surface area contributed by atoms with Crippen molar-refractivity contribution in [3.8, 4) is 0 Å². The fourth-order valence-electron chi connectivity index (χ4n) is 2.17. The Bertz CT molecular complexity index is 705. The lowest BCUT2D eigenvalue weighted by Crippen LogP contribution is -2.07. The lowest BCUT2D eigenvalue weighted by Gasteiger charge is -2.15. The fraction of sp³-hybridized carbons (Fsp3) is 0.250. The maximum Gasteiger partial charge on any atom is 0.181 e. The molecule has 0 N–H and O–H groups in total. The first-order chi connectivity index (χ1) is 10.7. The minimum absolute atomic E-state index is 0.00128. The number of thioether (sulfide) groups is 2. The van der Waals surface area contributed by atoms with E-state index in [1.807, 2.05) is 30.0 Å². The van der Waals surface area contributed by atoms with Gasteiger partial charge in [0.2, 0.25) is 0 Å². The van der Waals surface area contributed by atoms with Crippen LogP contribution in [0.5, 0.6) is 0 Å². The van der Waals surface area contributed by atoms with Gasteiger partial charge in [0.1, 0.15) is 12.0 Å². The zero-order chi connectivity index (χ0) is 15.4. The molecular formula is C16H14N2O2S2. The van der Waals surface area contributed by atoms with Gasteiger partial charge in [-0.1, -0.05) is 6.07 Å². The van der Waals surface area contributed by atoms with Crippen LogP contribution in [-0.2, 0) is 0 Å². The smallest absolute Gasteiger partial charge is 0.181 e. The monoisotopic (exact) mass is 330 g/mol. The number of benzene rings is 1. The van der Waals surface area contributed by atoms with Gasteiger partial charge in [-0.05, 0) is 18.2 Å². The molecule has 1 aromatic carbocycles. The largest absolute Gasteiger partial charge is 0.294 e. The van der Waals surface area contributed by atoms with Gasteiger partial charge in [0.15, 0.2) is 11.6 Å². The van der Waals surface area contributed by atoms with E-state index in [-0.39, 0.29) is 24.4 Å². The van der Waals surface area contributed by atoms with Crippen molar-refractivity contribution < 1.29 is 9.59 Å². The standard InChI is InChI=1S/C16H14N2O2S2/c19-13(2-3-14(20)12-5-6-17-10-18-12)11-1-4-15-16(9-11)22-8-7-21-15/h1,4-6,9-10H,2-3,7-8H2. The third kappa shape index (κ3) is 3.56. The Morgan fingerprint density at radius 1 is 1.00 bits per heavy atom. The van der Waals surface area contributed by atoms with E-state index in [1.54, 1.807) is 17.8 Å². The molecule has 0 radical (unpaired) electrons. The average Bonchev–Trinajstić information content (AvgIpc) is 2.59. The Hall–Kier alpha value is -1.66. The highest BCUT2D eigenvalue weighted by Gasteiger charge is 2.15. The van der Waals surface area contributed by atoms with Gasteiger partial charge in [0.05, 0.1) is 0 Å². The summed E-state index contributed by atoms with van der Waals surface area (Å²) in [7, 11) is 0. The van der Waals surface area contributed by atoms with Crippen LogP contribution in [0.3, 0.4) is 0 Å². The quantitative estimate of drug-likeness (QED) is 0.782. The minimum atomic E-state index is -0.126. The van der Waals surface area contributed by atoms with Gasteiger partial charge in [-0.15, -0.1) is 23.5 Å². The molecule has 0 atom stereocenters. The second kappa shape index (κ2) is 7.07. The number of carbonyl (C=O) groups is 2. The summed E-state index contributed by atoms with van der Waals surface area (Å²) in [6.07, 6.45) is 3.25. The highest BCUT2D eigenvalue weighted by Crippen LogP contribution is 2.37. The van der Waals surface area contributed by atoms with Crippen LogP contribution in [0.4, 0.5) is 0 Å². The molecule has 0 fully saturated rings. The zero-order valence-corrected chi connectivity index (χ0v) is 13.5. The van der Waals surface area contributed by atoms with E-state index in [4.69, 9.17) is 0 Å². The van der Waals surface area contributed by atoms with Crippen molar-refractivity contribution in [2.75, 3.05) is 11.5 Å². The van der Waals surface area contributed by atoms with Crippen molar-refractivity contribution in [2.24, 2.45) is 0 Å². The second-order valence-electron chi connectivity index (χ2n) is 4.80. The van der Waals surface area contributed by atoms with Crippen LogP contribution in [0.25, 0.3) is 0 Å². The van der Waals surface area contributed by atoms with Crippen LogP contribution in [-0.4, -0.2) is 33.0 Å². The van der Waals surface area contributed by atoms with Crippen molar-refractivity contribution >= 4 is 35.1 Å². The summed E-state index contributed by atoms with van der Waals surface area (Å²) < 4.78 is 0. The van der Waals surface area contributed by atoms with Crippen LogP contribution in [0, 0.1) is 0 Å². The Morgan fingerprint density at radius 2 is 1.77 bits per heavy atom. The number of ketones is 2. The van der Waals surface area contributed by atoms with Crippen LogP contribution < -0.4 is 0 Å². The number of hydrogen-bond acceptors (Lipinski definition) is 6. The first kappa shape index (κ1) is 15.2. The number of carbonyl (C=O) groups excluding carboxylic acids is 2. The number of Topliss-reactive ketones (excluding diaryl/α,β-unsaturated/α-hetero) is 2. The zero-order valence-electron chi connectivity index (χ0n) is 11.8. The van der Waals surface area contributed by atoms with E-state index in [2.05, 4.69) is 9.97 Å². The Balaban J connectivity index is 1.64. The van der Waals surface area contributed by atoms with Crippen molar-refractivity contribution in [3.63, 3.8) is 0 Å². The topological polar surface area (TPSA) is 59.9 Å². The Kier molecular flexibility index (Phi) is 4.90. The van der Waals surface area contributed by atoms with Gasteiger partial charge < -0.3 is 0 Å². The van der Waals surface area contributed by atoms with E-state index in [1.165, 1.54) is 22.3 Å². The van der Waals surface area contributed by atoms with E-state index < -0.39 is 0 Å². The van der Waals surface area contributed by atoms with E-state index in [0.717, 1.165) is 11.5 Å². The summed E-state index contributed by atoms with van der Waals surface area (Å²) in [5.74, 6) is 2.06. The fourth-order valence-corrected chi connectivity index (χ4v) is 4.42. The molecule has 0 spiro atoms. The molecule has 2 aromatic rings. The van der Waals surface area contributed by atoms with Crippen LogP contribution >= 0.6 is 23.5 Å². The molecule has 3 rings (SSSR count). The maximum atomic E-state index is 12.3. The van der Waals surface area contributed by atoms with E-state index in [0.29, 0.717) is 11.3 Å². The SMILES string of the molecule is O=C(CCC(=O)c1ccncn1)c1ccc2c(c1)SCCS2. The third-order valence-corrected chi connectivity index (χ3v) is 5.83. The van der Waals surface area contributed by atoms with Crippen molar-refractivity contribution in [1.29, 1.82) is 0 Å². The molecule has 1 aromatic heterocycles. The highest BCUT2D eigenvalue weighted by molar-refractivity contribution is 8.05. The molecule has 0 bridgehead atoms. The molecule has 0 aliphatic carbocycles. The lowest BCUT2D eigenvalue weighted by atomic mass is 10.0. The molecule has 2 heterocycles. The van der Waals surface area contributed by atoms with Gasteiger partial charge in [-0.3, -0.25) is 9.59 Å². The normalized spacial score (nSPS) is 13.5. The predicted octanol–water partition coefficient (Wildman–Crippen LogP) is 3.52. The summed E-state index contributed by atoms with van der Waals surface area (Å²) in [5.41, 5.74) is 1.05. The van der Waals surface area contributed by atoms with Crippen LogP contribution in [0.15, 0.2) is 46.6 Å². The van der Waals surface area contributed by atoms with Crippen molar-refractivity contribution in [2.45, 2.75) is 22.6 Å². The Labute approximate surface area is 137 Å². The van der Waals surface area contributed by atoms with E-state index in [9.17, 15) is 9.59 Å². The minimum Gasteiger partial charge on any atom is -0.294 e. The summed E-state index contributed by atoms with van der Waals surface area (Å²) >= 11 is 3.61. The molecule has 1 aliphatic rings. The summed E-state index contributed by atoms with van der Waals surface area (Å²) in [6, 6.07) is 7.38. The Morgan fingerprint density at radius 3 is 2.55 bits per heavy atom. The number of nitrogens with zero attached hydrogens (tertiary/aromatic N) is 2.